The third-order valence-corrected chi connectivity index (χ3v) is 5.92. The lowest BCUT2D eigenvalue weighted by molar-refractivity contribution is 0.0856. The van der Waals surface area contributed by atoms with E-state index < -0.39 is 0 Å². The van der Waals surface area contributed by atoms with Crippen molar-refractivity contribution in [2.45, 2.75) is 31.6 Å². The number of nitrogens with zero attached hydrogens (tertiary/aromatic N) is 1. The van der Waals surface area contributed by atoms with Gasteiger partial charge in [0, 0.05) is 18.8 Å². The minimum absolute atomic E-state index is 0.200. The van der Waals surface area contributed by atoms with Gasteiger partial charge in [0.1, 0.15) is 17.0 Å². The van der Waals surface area contributed by atoms with Gasteiger partial charge in [-0.1, -0.05) is 6.07 Å². The summed E-state index contributed by atoms with van der Waals surface area (Å²) in [5.74, 6) is 2.18. The second-order valence-electron chi connectivity index (χ2n) is 7.78. The zero-order chi connectivity index (χ0) is 20.5. The summed E-state index contributed by atoms with van der Waals surface area (Å²) in [5.41, 5.74) is 4.47. The number of methoxy groups -OCH3 is 1. The first-order valence-electron chi connectivity index (χ1n) is 10.4. The molecule has 0 aliphatic carbocycles. The normalized spacial score (nSPS) is 16.7. The molecule has 0 spiro atoms. The van der Waals surface area contributed by atoms with Crippen molar-refractivity contribution < 1.29 is 19.0 Å². The topological polar surface area (TPSA) is 85.5 Å². The summed E-state index contributed by atoms with van der Waals surface area (Å²) < 4.78 is 16.7. The van der Waals surface area contributed by atoms with Gasteiger partial charge in [-0.25, -0.2) is 4.98 Å². The standard InChI is InChI=1S/C23H25N3O4/c1-28-19-7-5-17(14-8-11-29-12-9-14)20-21(19)25-23(24-20)26-22(27)16-4-6-18-15(13-16)3-2-10-30-18/h4-7,13-14H,2-3,8-12H2,1H3,(H2,24,25,26,27). The predicted octanol–water partition coefficient (Wildman–Crippen LogP) is 4.04. The van der Waals surface area contributed by atoms with Gasteiger partial charge in [-0.05, 0) is 67.0 Å². The number of anilines is 1. The van der Waals surface area contributed by atoms with E-state index in [4.69, 9.17) is 19.2 Å². The van der Waals surface area contributed by atoms with Crippen molar-refractivity contribution in [1.29, 1.82) is 0 Å². The number of nitrogens with one attached hydrogen (secondary N) is 2. The van der Waals surface area contributed by atoms with Gasteiger partial charge in [0.15, 0.2) is 0 Å². The van der Waals surface area contributed by atoms with E-state index in [9.17, 15) is 4.79 Å². The van der Waals surface area contributed by atoms with Gasteiger partial charge >= 0.3 is 0 Å². The van der Waals surface area contributed by atoms with Gasteiger partial charge in [0.2, 0.25) is 5.95 Å². The second kappa shape index (κ2) is 7.99. The molecule has 2 aliphatic heterocycles. The van der Waals surface area contributed by atoms with Crippen LogP contribution in [0.3, 0.4) is 0 Å². The molecule has 1 fully saturated rings. The Bertz CT molecular complexity index is 1090. The molecule has 30 heavy (non-hydrogen) atoms. The molecule has 2 aromatic carbocycles. The average Bonchev–Trinajstić information content (AvgIpc) is 3.22. The first kappa shape index (κ1) is 18.9. The molecule has 0 saturated carbocycles. The van der Waals surface area contributed by atoms with Crippen molar-refractivity contribution in [3.05, 3.63) is 47.0 Å². The highest BCUT2D eigenvalue weighted by atomic mass is 16.5. The van der Waals surface area contributed by atoms with Crippen molar-refractivity contribution in [2.24, 2.45) is 0 Å². The predicted molar refractivity (Wildman–Crippen MR) is 114 cm³/mol. The second-order valence-corrected chi connectivity index (χ2v) is 7.78. The number of H-pyrrole nitrogens is 1. The minimum Gasteiger partial charge on any atom is -0.494 e. The highest BCUT2D eigenvalue weighted by Gasteiger charge is 2.22. The number of fused-ring (bicyclic) bond motifs is 2. The highest BCUT2D eigenvalue weighted by molar-refractivity contribution is 6.04. The number of benzene rings is 2. The zero-order valence-corrected chi connectivity index (χ0v) is 17.0. The van der Waals surface area contributed by atoms with E-state index >= 15 is 0 Å². The van der Waals surface area contributed by atoms with Crippen LogP contribution in [-0.4, -0.2) is 42.8 Å². The fourth-order valence-corrected chi connectivity index (χ4v) is 4.34. The fraction of sp³-hybridized carbons (Fsp3) is 0.391. The van der Waals surface area contributed by atoms with E-state index in [1.54, 1.807) is 13.2 Å². The van der Waals surface area contributed by atoms with E-state index in [1.807, 2.05) is 18.2 Å². The molecule has 156 valence electrons. The molecule has 1 amide bonds. The Balaban J connectivity index is 1.45. The SMILES string of the molecule is COc1ccc(C2CCOCC2)c2nc(NC(=O)c3ccc4c(c3)CCCO4)[nH]c12. The van der Waals surface area contributed by atoms with Crippen LogP contribution in [0.5, 0.6) is 11.5 Å². The van der Waals surface area contributed by atoms with Crippen molar-refractivity contribution in [1.82, 2.24) is 9.97 Å². The van der Waals surface area contributed by atoms with Crippen molar-refractivity contribution in [3.63, 3.8) is 0 Å². The number of aryl methyl sites for hydroxylation is 1. The van der Waals surface area contributed by atoms with Crippen LogP contribution >= 0.6 is 0 Å². The lowest BCUT2D eigenvalue weighted by Gasteiger charge is -2.22. The Morgan fingerprint density at radius 2 is 2.07 bits per heavy atom. The van der Waals surface area contributed by atoms with Crippen LogP contribution in [0.1, 0.15) is 46.7 Å². The lowest BCUT2D eigenvalue weighted by atomic mass is 9.90. The molecule has 7 nitrogen and oxygen atoms in total. The number of aromatic amines is 1. The molecular formula is C23H25N3O4. The van der Waals surface area contributed by atoms with Gasteiger partial charge in [-0.2, -0.15) is 0 Å². The molecule has 0 radical (unpaired) electrons. The third-order valence-electron chi connectivity index (χ3n) is 5.92. The molecule has 0 unspecified atom stereocenters. The van der Waals surface area contributed by atoms with Crippen LogP contribution in [0.2, 0.25) is 0 Å². The Hall–Kier alpha value is -3.06. The van der Waals surface area contributed by atoms with Crippen molar-refractivity contribution >= 4 is 22.9 Å². The maximum absolute atomic E-state index is 12.9. The number of amides is 1. The monoisotopic (exact) mass is 407 g/mol. The quantitative estimate of drug-likeness (QED) is 0.682. The van der Waals surface area contributed by atoms with E-state index in [0.717, 1.165) is 73.4 Å². The summed E-state index contributed by atoms with van der Waals surface area (Å²) in [5, 5.41) is 2.91. The smallest absolute Gasteiger partial charge is 0.257 e. The molecule has 5 rings (SSSR count). The van der Waals surface area contributed by atoms with Crippen LogP contribution in [0, 0.1) is 0 Å². The van der Waals surface area contributed by atoms with Gasteiger partial charge in [-0.15, -0.1) is 0 Å². The molecule has 7 heteroatoms. The van der Waals surface area contributed by atoms with E-state index in [2.05, 4.69) is 16.4 Å². The number of hydrogen-bond acceptors (Lipinski definition) is 5. The number of aromatic nitrogens is 2. The number of rotatable bonds is 4. The van der Waals surface area contributed by atoms with Gasteiger partial charge in [0.25, 0.3) is 5.91 Å². The van der Waals surface area contributed by atoms with Gasteiger partial charge in [-0.3, -0.25) is 10.1 Å². The number of ether oxygens (including phenoxy) is 3. The van der Waals surface area contributed by atoms with E-state index in [1.165, 1.54) is 0 Å². The molecule has 3 aromatic rings. The lowest BCUT2D eigenvalue weighted by Crippen LogP contribution is -2.15. The summed E-state index contributed by atoms with van der Waals surface area (Å²) in [7, 11) is 1.64. The van der Waals surface area contributed by atoms with Gasteiger partial charge < -0.3 is 19.2 Å². The summed E-state index contributed by atoms with van der Waals surface area (Å²) >= 11 is 0. The summed E-state index contributed by atoms with van der Waals surface area (Å²) in [4.78, 5) is 20.8. The first-order valence-corrected chi connectivity index (χ1v) is 10.4. The average molecular weight is 407 g/mol. The molecule has 1 aromatic heterocycles. The highest BCUT2D eigenvalue weighted by Crippen LogP contribution is 2.36. The van der Waals surface area contributed by atoms with Crippen molar-refractivity contribution in [3.8, 4) is 11.5 Å². The van der Waals surface area contributed by atoms with Crippen molar-refractivity contribution in [2.75, 3.05) is 32.2 Å². The Morgan fingerprint density at radius 3 is 2.90 bits per heavy atom. The number of carbonyl (C=O) groups is 1. The summed E-state index contributed by atoms with van der Waals surface area (Å²) in [6.45, 7) is 2.25. The molecule has 0 atom stereocenters. The third kappa shape index (κ3) is 3.50. The molecular weight excluding hydrogens is 382 g/mol. The Kier molecular flexibility index (Phi) is 5.04. The van der Waals surface area contributed by atoms with Crippen LogP contribution in [0.15, 0.2) is 30.3 Å². The fourth-order valence-electron chi connectivity index (χ4n) is 4.34. The van der Waals surface area contributed by atoms with Crippen LogP contribution in [0.25, 0.3) is 11.0 Å². The van der Waals surface area contributed by atoms with Crippen LogP contribution in [-0.2, 0) is 11.2 Å². The first-order chi connectivity index (χ1) is 14.7. The Morgan fingerprint density at radius 1 is 1.20 bits per heavy atom. The minimum atomic E-state index is -0.200. The Labute approximate surface area is 174 Å². The van der Waals surface area contributed by atoms with Crippen LogP contribution < -0.4 is 14.8 Å². The van der Waals surface area contributed by atoms with E-state index in [-0.39, 0.29) is 5.91 Å². The number of imidazole rings is 1. The molecule has 2 aliphatic rings. The van der Waals surface area contributed by atoms with Crippen LogP contribution in [0.4, 0.5) is 5.95 Å². The summed E-state index contributed by atoms with van der Waals surface area (Å²) in [6, 6.07) is 9.60. The number of carbonyl (C=O) groups excluding carboxylic acids is 1. The zero-order valence-electron chi connectivity index (χ0n) is 17.0. The molecule has 0 bridgehead atoms. The largest absolute Gasteiger partial charge is 0.494 e. The number of hydrogen-bond donors (Lipinski definition) is 2. The molecule has 2 N–H and O–H groups in total. The maximum atomic E-state index is 12.9. The van der Waals surface area contributed by atoms with E-state index in [0.29, 0.717) is 23.2 Å². The molecule has 1 saturated heterocycles. The summed E-state index contributed by atoms with van der Waals surface area (Å²) in [6.07, 6.45) is 3.82. The molecule has 3 heterocycles. The maximum Gasteiger partial charge on any atom is 0.257 e. The van der Waals surface area contributed by atoms with Gasteiger partial charge in [0.05, 0.1) is 19.2 Å².